The molecule has 2 N–H and O–H groups in total. The molecule has 0 spiro atoms. The standard InChI is InChI=1S/C9H14N2S/c12-9-10-6-8(11-9)7-4-2-1-3-5-7/h4,8H,1-3,5-6H2,(H2,10,11,12). The number of allylic oxidation sites excluding steroid dienone is 1. The first-order valence-electron chi connectivity index (χ1n) is 4.59. The Hall–Kier alpha value is -0.570. The molecular formula is C9H14N2S. The maximum absolute atomic E-state index is 5.02. The predicted molar refractivity (Wildman–Crippen MR) is 54.1 cm³/mol. The van der Waals surface area contributed by atoms with Crippen LogP contribution in [0.3, 0.4) is 0 Å². The van der Waals surface area contributed by atoms with Crippen molar-refractivity contribution in [3.05, 3.63) is 11.6 Å². The number of hydrogen-bond acceptors (Lipinski definition) is 1. The third kappa shape index (κ3) is 1.61. The largest absolute Gasteiger partial charge is 0.360 e. The van der Waals surface area contributed by atoms with Gasteiger partial charge in [-0.1, -0.05) is 11.6 Å². The van der Waals surface area contributed by atoms with Gasteiger partial charge in [0.05, 0.1) is 6.04 Å². The van der Waals surface area contributed by atoms with E-state index in [0.29, 0.717) is 6.04 Å². The molecule has 2 nitrogen and oxygen atoms in total. The molecular weight excluding hydrogens is 168 g/mol. The van der Waals surface area contributed by atoms with Crippen molar-refractivity contribution in [1.29, 1.82) is 0 Å². The predicted octanol–water partition coefficient (Wildman–Crippen LogP) is 1.33. The van der Waals surface area contributed by atoms with Gasteiger partial charge in [0.2, 0.25) is 0 Å². The quantitative estimate of drug-likeness (QED) is 0.472. The van der Waals surface area contributed by atoms with E-state index < -0.39 is 0 Å². The van der Waals surface area contributed by atoms with Crippen molar-refractivity contribution < 1.29 is 0 Å². The van der Waals surface area contributed by atoms with Gasteiger partial charge >= 0.3 is 0 Å². The Balaban J connectivity index is 1.99. The lowest BCUT2D eigenvalue weighted by Crippen LogP contribution is -2.28. The molecule has 0 saturated carbocycles. The minimum absolute atomic E-state index is 0.484. The molecule has 0 radical (unpaired) electrons. The second kappa shape index (κ2) is 3.44. The first kappa shape index (κ1) is 8.05. The van der Waals surface area contributed by atoms with Gasteiger partial charge in [0.25, 0.3) is 0 Å². The molecule has 0 aromatic carbocycles. The van der Waals surface area contributed by atoms with Gasteiger partial charge in [0, 0.05) is 6.54 Å². The van der Waals surface area contributed by atoms with E-state index in [0.717, 1.165) is 11.7 Å². The third-order valence-electron chi connectivity index (χ3n) is 2.55. The fourth-order valence-corrected chi connectivity index (χ4v) is 2.08. The summed E-state index contributed by atoms with van der Waals surface area (Å²) < 4.78 is 0. The molecule has 1 saturated heterocycles. The van der Waals surface area contributed by atoms with Crippen LogP contribution in [0.15, 0.2) is 11.6 Å². The van der Waals surface area contributed by atoms with Crippen molar-refractivity contribution in [2.24, 2.45) is 0 Å². The fourth-order valence-electron chi connectivity index (χ4n) is 1.86. The van der Waals surface area contributed by atoms with Crippen molar-refractivity contribution >= 4 is 17.3 Å². The number of hydrogen-bond donors (Lipinski definition) is 2. The van der Waals surface area contributed by atoms with E-state index in [4.69, 9.17) is 12.2 Å². The second-order valence-electron chi connectivity index (χ2n) is 3.43. The zero-order valence-corrected chi connectivity index (χ0v) is 7.91. The van der Waals surface area contributed by atoms with Crippen LogP contribution in [-0.4, -0.2) is 17.7 Å². The van der Waals surface area contributed by atoms with Crippen LogP contribution in [0.4, 0.5) is 0 Å². The molecule has 66 valence electrons. The Morgan fingerprint density at radius 2 is 2.33 bits per heavy atom. The highest BCUT2D eigenvalue weighted by molar-refractivity contribution is 7.80. The van der Waals surface area contributed by atoms with E-state index in [9.17, 15) is 0 Å². The van der Waals surface area contributed by atoms with E-state index >= 15 is 0 Å². The Morgan fingerprint density at radius 1 is 1.42 bits per heavy atom. The first-order chi connectivity index (χ1) is 5.86. The highest BCUT2D eigenvalue weighted by Crippen LogP contribution is 2.20. The Kier molecular flexibility index (Phi) is 2.30. The van der Waals surface area contributed by atoms with Gasteiger partial charge in [-0.25, -0.2) is 0 Å². The normalized spacial score (nSPS) is 29.2. The first-order valence-corrected chi connectivity index (χ1v) is 5.00. The van der Waals surface area contributed by atoms with Crippen molar-refractivity contribution in [2.75, 3.05) is 6.54 Å². The van der Waals surface area contributed by atoms with Crippen LogP contribution in [0, 0.1) is 0 Å². The molecule has 1 atom stereocenters. The minimum Gasteiger partial charge on any atom is -0.360 e. The van der Waals surface area contributed by atoms with Gasteiger partial charge in [0.1, 0.15) is 0 Å². The van der Waals surface area contributed by atoms with E-state index in [1.54, 1.807) is 5.57 Å². The fraction of sp³-hybridized carbons (Fsp3) is 0.667. The lowest BCUT2D eigenvalue weighted by atomic mass is 9.94. The van der Waals surface area contributed by atoms with E-state index in [2.05, 4.69) is 16.7 Å². The molecule has 1 aliphatic heterocycles. The van der Waals surface area contributed by atoms with Gasteiger partial charge in [-0.15, -0.1) is 0 Å². The summed E-state index contributed by atoms with van der Waals surface area (Å²) in [5, 5.41) is 7.23. The smallest absolute Gasteiger partial charge is 0.166 e. The second-order valence-corrected chi connectivity index (χ2v) is 3.84. The summed E-state index contributed by atoms with van der Waals surface area (Å²) in [5.41, 5.74) is 1.55. The summed E-state index contributed by atoms with van der Waals surface area (Å²) in [6.07, 6.45) is 7.57. The van der Waals surface area contributed by atoms with Crippen LogP contribution in [0.1, 0.15) is 25.7 Å². The van der Waals surface area contributed by atoms with E-state index in [1.165, 1.54) is 25.7 Å². The highest BCUT2D eigenvalue weighted by Gasteiger charge is 2.21. The topological polar surface area (TPSA) is 24.1 Å². The van der Waals surface area contributed by atoms with Crippen LogP contribution < -0.4 is 10.6 Å². The van der Waals surface area contributed by atoms with Crippen LogP contribution in [0.5, 0.6) is 0 Å². The number of nitrogens with one attached hydrogen (secondary N) is 2. The van der Waals surface area contributed by atoms with Gasteiger partial charge in [-0.05, 0) is 37.9 Å². The summed E-state index contributed by atoms with van der Waals surface area (Å²) in [6.45, 7) is 0.977. The molecule has 0 aromatic heterocycles. The lowest BCUT2D eigenvalue weighted by molar-refractivity contribution is 0.625. The molecule has 1 heterocycles. The molecule has 0 bridgehead atoms. The number of thiocarbonyl (C=S) groups is 1. The zero-order valence-electron chi connectivity index (χ0n) is 7.10. The summed E-state index contributed by atoms with van der Waals surface area (Å²) >= 11 is 5.02. The van der Waals surface area contributed by atoms with E-state index in [-0.39, 0.29) is 0 Å². The Bertz CT molecular complexity index is 223. The lowest BCUT2D eigenvalue weighted by Gasteiger charge is -2.17. The maximum atomic E-state index is 5.02. The summed E-state index contributed by atoms with van der Waals surface area (Å²) in [5.74, 6) is 0. The van der Waals surface area contributed by atoms with Gasteiger partial charge < -0.3 is 10.6 Å². The molecule has 12 heavy (non-hydrogen) atoms. The minimum atomic E-state index is 0.484. The van der Waals surface area contributed by atoms with Crippen LogP contribution >= 0.6 is 12.2 Å². The molecule has 0 aromatic rings. The van der Waals surface area contributed by atoms with Crippen LogP contribution in [0.25, 0.3) is 0 Å². The molecule has 0 amide bonds. The number of rotatable bonds is 1. The third-order valence-corrected chi connectivity index (χ3v) is 2.81. The monoisotopic (exact) mass is 182 g/mol. The summed E-state index contributed by atoms with van der Waals surface area (Å²) in [4.78, 5) is 0. The molecule has 1 fully saturated rings. The Labute approximate surface area is 78.4 Å². The van der Waals surface area contributed by atoms with E-state index in [1.807, 2.05) is 0 Å². The highest BCUT2D eigenvalue weighted by atomic mass is 32.1. The molecule has 1 unspecified atom stereocenters. The van der Waals surface area contributed by atoms with Crippen LogP contribution in [-0.2, 0) is 0 Å². The SMILES string of the molecule is S=C1NCC(C2=CCCCC2)N1. The average Bonchev–Trinajstić information content (AvgIpc) is 2.54. The average molecular weight is 182 g/mol. The zero-order chi connectivity index (χ0) is 8.39. The molecule has 2 aliphatic rings. The van der Waals surface area contributed by atoms with Crippen molar-refractivity contribution in [1.82, 2.24) is 10.6 Å². The van der Waals surface area contributed by atoms with Crippen molar-refractivity contribution in [3.8, 4) is 0 Å². The van der Waals surface area contributed by atoms with Gasteiger partial charge in [0.15, 0.2) is 5.11 Å². The molecule has 3 heteroatoms. The van der Waals surface area contributed by atoms with Gasteiger partial charge in [-0.3, -0.25) is 0 Å². The Morgan fingerprint density at radius 3 is 2.92 bits per heavy atom. The summed E-state index contributed by atoms with van der Waals surface area (Å²) in [6, 6.07) is 0.484. The van der Waals surface area contributed by atoms with Gasteiger partial charge in [-0.2, -0.15) is 0 Å². The molecule has 1 aliphatic carbocycles. The van der Waals surface area contributed by atoms with Crippen molar-refractivity contribution in [2.45, 2.75) is 31.7 Å². The van der Waals surface area contributed by atoms with Crippen LogP contribution in [0.2, 0.25) is 0 Å². The van der Waals surface area contributed by atoms with Crippen molar-refractivity contribution in [3.63, 3.8) is 0 Å². The summed E-state index contributed by atoms with van der Waals surface area (Å²) in [7, 11) is 0. The molecule has 2 rings (SSSR count). The maximum Gasteiger partial charge on any atom is 0.166 e.